The molecular weight excluding hydrogens is 128 g/mol. The first kappa shape index (κ1) is 7.10. The predicted octanol–water partition coefficient (Wildman–Crippen LogP) is -0.902. The molecule has 10 heavy (non-hydrogen) atoms. The monoisotopic (exact) mass is 138 g/mol. The fourth-order valence-electron chi connectivity index (χ4n) is 0.931. The van der Waals surface area contributed by atoms with Crippen molar-refractivity contribution in [2.45, 2.75) is 12.5 Å². The van der Waals surface area contributed by atoms with Crippen molar-refractivity contribution in [2.75, 3.05) is 13.1 Å². The van der Waals surface area contributed by atoms with E-state index in [4.69, 9.17) is 6.42 Å². The fraction of sp³-hybridized carbons (Fsp3) is 0.571. The number of carbonyl (C=O) groups is 1. The first-order valence-corrected chi connectivity index (χ1v) is 3.29. The Labute approximate surface area is 60.2 Å². The molecule has 2 N–H and O–H groups in total. The fourth-order valence-corrected chi connectivity index (χ4v) is 0.931. The molecule has 1 aliphatic heterocycles. The Bertz CT molecular complexity index is 171. The van der Waals surface area contributed by atoms with Crippen molar-refractivity contribution in [3.63, 3.8) is 0 Å². The minimum Gasteiger partial charge on any atom is -0.353 e. The Morgan fingerprint density at radius 2 is 2.50 bits per heavy atom. The van der Waals surface area contributed by atoms with Gasteiger partial charge in [0.25, 0.3) is 0 Å². The van der Waals surface area contributed by atoms with Crippen LogP contribution in [0.25, 0.3) is 0 Å². The molecule has 0 aromatic carbocycles. The summed E-state index contributed by atoms with van der Waals surface area (Å²) in [6.07, 6.45) is 5.53. The number of carbonyl (C=O) groups excluding carboxylic acids is 1. The van der Waals surface area contributed by atoms with Crippen molar-refractivity contribution in [1.29, 1.82) is 0 Å². The average Bonchev–Trinajstić information content (AvgIpc) is 1.94. The highest BCUT2D eigenvalue weighted by molar-refractivity contribution is 5.82. The summed E-state index contributed by atoms with van der Waals surface area (Å²) in [5.74, 6) is 2.46. The second kappa shape index (κ2) is 3.23. The maximum Gasteiger partial charge on any atom is 0.238 e. The van der Waals surface area contributed by atoms with Crippen LogP contribution in [0, 0.1) is 12.3 Å². The SMILES string of the molecule is C#CCC1NCCNC1=O. The quantitative estimate of drug-likeness (QED) is 0.461. The van der Waals surface area contributed by atoms with Crippen LogP contribution in [0.5, 0.6) is 0 Å². The molecule has 3 nitrogen and oxygen atoms in total. The van der Waals surface area contributed by atoms with Gasteiger partial charge in [-0.2, -0.15) is 0 Å². The van der Waals surface area contributed by atoms with Crippen LogP contribution < -0.4 is 10.6 Å². The van der Waals surface area contributed by atoms with E-state index in [2.05, 4.69) is 16.6 Å². The maximum atomic E-state index is 10.9. The van der Waals surface area contributed by atoms with Gasteiger partial charge in [-0.05, 0) is 0 Å². The van der Waals surface area contributed by atoms with E-state index in [9.17, 15) is 4.79 Å². The third-order valence-electron chi connectivity index (χ3n) is 1.45. The van der Waals surface area contributed by atoms with Crippen molar-refractivity contribution >= 4 is 5.91 Å². The zero-order chi connectivity index (χ0) is 7.40. The summed E-state index contributed by atoms with van der Waals surface area (Å²) in [5, 5.41) is 5.74. The normalized spacial score (nSPS) is 25.1. The Morgan fingerprint density at radius 1 is 1.70 bits per heavy atom. The predicted molar refractivity (Wildman–Crippen MR) is 38.3 cm³/mol. The molecule has 0 spiro atoms. The lowest BCUT2D eigenvalue weighted by molar-refractivity contribution is -0.124. The molecule has 0 aromatic rings. The van der Waals surface area contributed by atoms with Crippen LogP contribution in [0.2, 0.25) is 0 Å². The highest BCUT2D eigenvalue weighted by Gasteiger charge is 2.19. The molecule has 1 fully saturated rings. The van der Waals surface area contributed by atoms with E-state index < -0.39 is 0 Å². The summed E-state index contributed by atoms with van der Waals surface area (Å²) in [5.41, 5.74) is 0. The van der Waals surface area contributed by atoms with Gasteiger partial charge >= 0.3 is 0 Å². The molecule has 0 aromatic heterocycles. The van der Waals surface area contributed by atoms with Gasteiger partial charge in [0.1, 0.15) is 0 Å². The van der Waals surface area contributed by atoms with Crippen molar-refractivity contribution in [3.8, 4) is 12.3 Å². The van der Waals surface area contributed by atoms with E-state index in [-0.39, 0.29) is 11.9 Å². The van der Waals surface area contributed by atoms with Gasteiger partial charge in [0.05, 0.1) is 6.04 Å². The smallest absolute Gasteiger partial charge is 0.238 e. The second-order valence-electron chi connectivity index (χ2n) is 2.21. The molecular formula is C7H10N2O. The molecule has 3 heteroatoms. The van der Waals surface area contributed by atoms with Gasteiger partial charge in [0.15, 0.2) is 0 Å². The Hall–Kier alpha value is -1.01. The van der Waals surface area contributed by atoms with Crippen molar-refractivity contribution < 1.29 is 4.79 Å². The number of nitrogens with one attached hydrogen (secondary N) is 2. The van der Waals surface area contributed by atoms with Gasteiger partial charge in [-0.3, -0.25) is 4.79 Å². The maximum absolute atomic E-state index is 10.9. The molecule has 1 aliphatic rings. The summed E-state index contributed by atoms with van der Waals surface area (Å²) >= 11 is 0. The number of piperazine rings is 1. The lowest BCUT2D eigenvalue weighted by Gasteiger charge is -2.21. The highest BCUT2D eigenvalue weighted by atomic mass is 16.2. The second-order valence-corrected chi connectivity index (χ2v) is 2.21. The third-order valence-corrected chi connectivity index (χ3v) is 1.45. The summed E-state index contributed by atoms with van der Waals surface area (Å²) in [6.45, 7) is 1.53. The van der Waals surface area contributed by atoms with Crippen molar-refractivity contribution in [2.24, 2.45) is 0 Å². The zero-order valence-electron chi connectivity index (χ0n) is 5.68. The number of rotatable bonds is 1. The summed E-state index contributed by atoms with van der Waals surface area (Å²) < 4.78 is 0. The Morgan fingerprint density at radius 3 is 3.10 bits per heavy atom. The Balaban J connectivity index is 2.42. The molecule has 1 atom stereocenters. The van der Waals surface area contributed by atoms with Gasteiger partial charge in [-0.25, -0.2) is 0 Å². The van der Waals surface area contributed by atoms with E-state index in [0.29, 0.717) is 13.0 Å². The molecule has 1 unspecified atom stereocenters. The van der Waals surface area contributed by atoms with E-state index in [0.717, 1.165) is 6.54 Å². The van der Waals surface area contributed by atoms with Crippen molar-refractivity contribution in [3.05, 3.63) is 0 Å². The van der Waals surface area contributed by atoms with Gasteiger partial charge in [0.2, 0.25) is 5.91 Å². The topological polar surface area (TPSA) is 41.1 Å². The molecule has 54 valence electrons. The summed E-state index contributed by atoms with van der Waals surface area (Å²) in [6, 6.07) is -0.168. The van der Waals surface area contributed by atoms with Crippen LogP contribution in [-0.4, -0.2) is 25.0 Å². The first-order chi connectivity index (χ1) is 4.84. The average molecular weight is 138 g/mol. The number of amides is 1. The molecule has 1 saturated heterocycles. The van der Waals surface area contributed by atoms with Gasteiger partial charge in [-0.15, -0.1) is 12.3 Å². The van der Waals surface area contributed by atoms with Crippen LogP contribution >= 0.6 is 0 Å². The summed E-state index contributed by atoms with van der Waals surface area (Å²) in [7, 11) is 0. The van der Waals surface area contributed by atoms with Crippen LogP contribution in [0.3, 0.4) is 0 Å². The molecule has 1 amide bonds. The van der Waals surface area contributed by atoms with E-state index in [1.807, 2.05) is 0 Å². The molecule has 0 aliphatic carbocycles. The lowest BCUT2D eigenvalue weighted by atomic mass is 10.1. The van der Waals surface area contributed by atoms with Gasteiger partial charge in [-0.1, -0.05) is 0 Å². The number of hydrogen-bond donors (Lipinski definition) is 2. The molecule has 0 bridgehead atoms. The first-order valence-electron chi connectivity index (χ1n) is 3.29. The third kappa shape index (κ3) is 1.49. The van der Waals surface area contributed by atoms with E-state index >= 15 is 0 Å². The van der Waals surface area contributed by atoms with Crippen LogP contribution in [0.4, 0.5) is 0 Å². The standard InChI is InChI=1S/C7H10N2O/c1-2-3-6-7(10)9-5-4-8-6/h1,6,8H,3-5H2,(H,9,10). The zero-order valence-corrected chi connectivity index (χ0v) is 5.68. The van der Waals surface area contributed by atoms with Crippen molar-refractivity contribution in [1.82, 2.24) is 10.6 Å². The Kier molecular flexibility index (Phi) is 2.30. The van der Waals surface area contributed by atoms with Gasteiger partial charge in [0, 0.05) is 19.5 Å². The largest absolute Gasteiger partial charge is 0.353 e. The molecule has 1 heterocycles. The van der Waals surface area contributed by atoms with E-state index in [1.165, 1.54) is 0 Å². The summed E-state index contributed by atoms with van der Waals surface area (Å²) in [4.78, 5) is 10.9. The highest BCUT2D eigenvalue weighted by Crippen LogP contribution is 1.92. The minimum absolute atomic E-state index is 0.0178. The molecule has 1 rings (SSSR count). The van der Waals surface area contributed by atoms with Crippen LogP contribution in [-0.2, 0) is 4.79 Å². The molecule has 0 saturated carbocycles. The van der Waals surface area contributed by atoms with E-state index in [1.54, 1.807) is 0 Å². The number of hydrogen-bond acceptors (Lipinski definition) is 2. The van der Waals surface area contributed by atoms with Crippen LogP contribution in [0.1, 0.15) is 6.42 Å². The minimum atomic E-state index is -0.168. The van der Waals surface area contributed by atoms with Gasteiger partial charge < -0.3 is 10.6 Å². The number of terminal acetylenes is 1. The lowest BCUT2D eigenvalue weighted by Crippen LogP contribution is -2.52. The molecule has 0 radical (unpaired) electrons. The van der Waals surface area contributed by atoms with Crippen LogP contribution in [0.15, 0.2) is 0 Å².